The van der Waals surface area contributed by atoms with Crippen molar-refractivity contribution >= 4 is 11.7 Å². The molecule has 1 aromatic rings. The highest BCUT2D eigenvalue weighted by atomic mass is 16.4. The average Bonchev–Trinajstić information content (AvgIpc) is 2.44. The van der Waals surface area contributed by atoms with Crippen molar-refractivity contribution < 1.29 is 15.0 Å². The lowest BCUT2D eigenvalue weighted by molar-refractivity contribution is -0.136. The van der Waals surface area contributed by atoms with Gasteiger partial charge in [0.1, 0.15) is 0 Å². The van der Waals surface area contributed by atoms with Crippen molar-refractivity contribution in [3.63, 3.8) is 0 Å². The Kier molecular flexibility index (Phi) is 7.04. The van der Waals surface area contributed by atoms with E-state index >= 15 is 0 Å². The fourth-order valence-corrected chi connectivity index (χ4v) is 2.09. The molecular formula is C15H24N2O3. The largest absolute Gasteiger partial charge is 0.481 e. The Morgan fingerprint density at radius 2 is 1.95 bits per heavy atom. The number of hydrogen-bond donors (Lipinski definition) is 3. The van der Waals surface area contributed by atoms with Gasteiger partial charge in [-0.05, 0) is 31.2 Å². The van der Waals surface area contributed by atoms with Crippen LogP contribution in [-0.4, -0.2) is 42.9 Å². The molecule has 0 aliphatic rings. The first kappa shape index (κ1) is 16.5. The molecule has 0 amide bonds. The second kappa shape index (κ2) is 8.55. The summed E-state index contributed by atoms with van der Waals surface area (Å²) in [5.41, 5.74) is 1.85. The molecule has 0 radical (unpaired) electrons. The molecule has 0 saturated carbocycles. The number of anilines is 1. The molecule has 0 saturated heterocycles. The van der Waals surface area contributed by atoms with Crippen LogP contribution in [0.1, 0.15) is 31.4 Å². The maximum absolute atomic E-state index is 10.7. The van der Waals surface area contributed by atoms with Gasteiger partial charge in [0.05, 0.1) is 12.5 Å². The lowest BCUT2D eigenvalue weighted by Gasteiger charge is -2.24. The first-order valence-electron chi connectivity index (χ1n) is 6.97. The van der Waals surface area contributed by atoms with Gasteiger partial charge in [0.2, 0.25) is 0 Å². The third-order valence-corrected chi connectivity index (χ3v) is 3.13. The van der Waals surface area contributed by atoms with E-state index in [4.69, 9.17) is 5.11 Å². The molecule has 1 unspecified atom stereocenters. The molecule has 1 atom stereocenters. The smallest absolute Gasteiger partial charge is 0.305 e. The van der Waals surface area contributed by atoms with E-state index in [2.05, 4.69) is 17.1 Å². The molecule has 3 N–H and O–H groups in total. The summed E-state index contributed by atoms with van der Waals surface area (Å²) in [6.45, 7) is 3.91. The number of aliphatic carboxylic acids is 1. The molecule has 1 aromatic carbocycles. The number of hydrogen-bond acceptors (Lipinski definition) is 4. The second-order valence-corrected chi connectivity index (χ2v) is 4.80. The van der Waals surface area contributed by atoms with Crippen LogP contribution >= 0.6 is 0 Å². The van der Waals surface area contributed by atoms with Gasteiger partial charge < -0.3 is 20.4 Å². The van der Waals surface area contributed by atoms with Crippen LogP contribution in [-0.2, 0) is 4.79 Å². The van der Waals surface area contributed by atoms with E-state index in [0.29, 0.717) is 13.1 Å². The van der Waals surface area contributed by atoms with Gasteiger partial charge >= 0.3 is 5.97 Å². The van der Waals surface area contributed by atoms with Crippen molar-refractivity contribution in [2.75, 3.05) is 31.6 Å². The Morgan fingerprint density at radius 3 is 2.45 bits per heavy atom. The van der Waals surface area contributed by atoms with Crippen molar-refractivity contribution in [3.8, 4) is 0 Å². The fraction of sp³-hybridized carbons (Fsp3) is 0.533. The molecule has 5 nitrogen and oxygen atoms in total. The monoisotopic (exact) mass is 280 g/mol. The summed E-state index contributed by atoms with van der Waals surface area (Å²) in [7, 11) is 1.80. The second-order valence-electron chi connectivity index (χ2n) is 4.80. The quantitative estimate of drug-likeness (QED) is 0.641. The van der Waals surface area contributed by atoms with Gasteiger partial charge in [-0.1, -0.05) is 19.1 Å². The minimum atomic E-state index is -0.785. The molecule has 0 heterocycles. The number of rotatable bonds is 9. The van der Waals surface area contributed by atoms with E-state index in [9.17, 15) is 9.90 Å². The number of carboxylic acids is 1. The van der Waals surface area contributed by atoms with E-state index in [1.807, 2.05) is 24.3 Å². The number of nitrogens with one attached hydrogen (secondary N) is 1. The van der Waals surface area contributed by atoms with Crippen LogP contribution in [0.3, 0.4) is 0 Å². The maximum Gasteiger partial charge on any atom is 0.305 e. The van der Waals surface area contributed by atoms with Gasteiger partial charge in [0.25, 0.3) is 0 Å². The minimum absolute atomic E-state index is 0.129. The zero-order valence-electron chi connectivity index (χ0n) is 12.2. The van der Waals surface area contributed by atoms with Crippen LogP contribution < -0.4 is 10.2 Å². The summed E-state index contributed by atoms with van der Waals surface area (Å²) in [5, 5.41) is 21.6. The third-order valence-electron chi connectivity index (χ3n) is 3.13. The van der Waals surface area contributed by atoms with Crippen LogP contribution in [0.15, 0.2) is 24.3 Å². The predicted molar refractivity (Wildman–Crippen MR) is 80.1 cm³/mol. The average molecular weight is 280 g/mol. The van der Waals surface area contributed by atoms with Crippen LogP contribution in [0.4, 0.5) is 5.69 Å². The predicted octanol–water partition coefficient (Wildman–Crippen LogP) is 1.63. The molecule has 0 aromatic heterocycles. The van der Waals surface area contributed by atoms with Crippen molar-refractivity contribution in [2.24, 2.45) is 0 Å². The number of benzene rings is 1. The van der Waals surface area contributed by atoms with Gasteiger partial charge in [0.15, 0.2) is 0 Å². The molecule has 1 rings (SSSR count). The van der Waals surface area contributed by atoms with Crippen LogP contribution in [0.25, 0.3) is 0 Å². The standard InChI is InChI=1S/C15H24N2O3/c1-3-9-17(10-8-15(19)20)13-6-4-12(5-7-13)14(18)11-16-2/h4-7,14,16,18H,3,8-11H2,1-2H3,(H,19,20). The summed E-state index contributed by atoms with van der Waals surface area (Å²) in [6, 6.07) is 7.65. The summed E-state index contributed by atoms with van der Waals surface area (Å²) in [5.74, 6) is -0.785. The SMILES string of the molecule is CCCN(CCC(=O)O)c1ccc(C(O)CNC)cc1. The fourth-order valence-electron chi connectivity index (χ4n) is 2.09. The number of nitrogens with zero attached hydrogens (tertiary/aromatic N) is 1. The van der Waals surface area contributed by atoms with E-state index in [1.54, 1.807) is 7.05 Å². The van der Waals surface area contributed by atoms with Crippen molar-refractivity contribution in [2.45, 2.75) is 25.9 Å². The van der Waals surface area contributed by atoms with E-state index in [1.165, 1.54) is 0 Å². The van der Waals surface area contributed by atoms with Crippen molar-refractivity contribution in [3.05, 3.63) is 29.8 Å². The highest BCUT2D eigenvalue weighted by Gasteiger charge is 2.10. The van der Waals surface area contributed by atoms with E-state index in [0.717, 1.165) is 24.2 Å². The zero-order chi connectivity index (χ0) is 15.0. The Labute approximate surface area is 120 Å². The Hall–Kier alpha value is -1.59. The summed E-state index contributed by atoms with van der Waals surface area (Å²) >= 11 is 0. The number of carbonyl (C=O) groups is 1. The first-order chi connectivity index (χ1) is 9.58. The van der Waals surface area contributed by atoms with Gasteiger partial charge in [-0.25, -0.2) is 0 Å². The lowest BCUT2D eigenvalue weighted by Crippen LogP contribution is -2.27. The number of aliphatic hydroxyl groups excluding tert-OH is 1. The highest BCUT2D eigenvalue weighted by molar-refractivity contribution is 5.67. The molecule has 20 heavy (non-hydrogen) atoms. The summed E-state index contributed by atoms with van der Waals surface area (Å²) < 4.78 is 0. The molecule has 5 heteroatoms. The number of likely N-dealkylation sites (N-methyl/N-ethyl adjacent to an activating group) is 1. The maximum atomic E-state index is 10.7. The normalized spacial score (nSPS) is 12.2. The van der Waals surface area contributed by atoms with Gasteiger partial charge in [-0.15, -0.1) is 0 Å². The number of carboxylic acid groups (broad SMARTS) is 1. The van der Waals surface area contributed by atoms with Crippen LogP contribution in [0, 0.1) is 0 Å². The summed E-state index contributed by atoms with van der Waals surface area (Å²) in [6.07, 6.45) is 0.570. The molecule has 0 aliphatic carbocycles. The molecule has 0 fully saturated rings. The van der Waals surface area contributed by atoms with E-state index in [-0.39, 0.29) is 6.42 Å². The van der Waals surface area contributed by atoms with Gasteiger partial charge in [0, 0.05) is 25.3 Å². The zero-order valence-corrected chi connectivity index (χ0v) is 12.2. The van der Waals surface area contributed by atoms with Gasteiger partial charge in [-0.2, -0.15) is 0 Å². The Balaban J connectivity index is 2.73. The minimum Gasteiger partial charge on any atom is -0.481 e. The molecule has 0 spiro atoms. The van der Waals surface area contributed by atoms with Crippen molar-refractivity contribution in [1.82, 2.24) is 5.32 Å². The topological polar surface area (TPSA) is 72.8 Å². The Bertz CT molecular complexity index is 406. The summed E-state index contributed by atoms with van der Waals surface area (Å²) in [4.78, 5) is 12.7. The van der Waals surface area contributed by atoms with E-state index < -0.39 is 12.1 Å². The third kappa shape index (κ3) is 5.19. The molecule has 0 aliphatic heterocycles. The first-order valence-corrected chi connectivity index (χ1v) is 6.97. The van der Waals surface area contributed by atoms with Crippen LogP contribution in [0.5, 0.6) is 0 Å². The van der Waals surface area contributed by atoms with Crippen molar-refractivity contribution in [1.29, 1.82) is 0 Å². The number of aliphatic hydroxyl groups is 1. The molecule has 0 bridgehead atoms. The lowest BCUT2D eigenvalue weighted by atomic mass is 10.1. The van der Waals surface area contributed by atoms with Crippen LogP contribution in [0.2, 0.25) is 0 Å². The molecular weight excluding hydrogens is 256 g/mol. The van der Waals surface area contributed by atoms with Gasteiger partial charge in [-0.3, -0.25) is 4.79 Å². The Morgan fingerprint density at radius 1 is 1.30 bits per heavy atom. The molecule has 112 valence electrons. The highest BCUT2D eigenvalue weighted by Crippen LogP contribution is 2.19.